The van der Waals surface area contributed by atoms with Crippen molar-refractivity contribution in [1.29, 1.82) is 0 Å². The molecule has 0 radical (unpaired) electrons. The van der Waals surface area contributed by atoms with Gasteiger partial charge in [-0.1, -0.05) is 32.8 Å². The molecule has 0 saturated heterocycles. The van der Waals surface area contributed by atoms with E-state index in [1.165, 1.54) is 19.3 Å². The van der Waals surface area contributed by atoms with Gasteiger partial charge >= 0.3 is 0 Å². The van der Waals surface area contributed by atoms with Crippen LogP contribution in [0.3, 0.4) is 0 Å². The molecule has 0 aromatic heterocycles. The van der Waals surface area contributed by atoms with Crippen LogP contribution >= 0.6 is 0 Å². The van der Waals surface area contributed by atoms with Gasteiger partial charge in [-0.05, 0) is 31.8 Å². The van der Waals surface area contributed by atoms with Crippen LogP contribution in [-0.4, -0.2) is 5.78 Å². The SMILES string of the molecule is CCCCC/C=C(/CC)C(C)=O. The zero-order valence-electron chi connectivity index (χ0n) is 8.52. The average Bonchev–Trinajstić information content (AvgIpc) is 2.04. The average molecular weight is 168 g/mol. The molecular weight excluding hydrogens is 148 g/mol. The molecule has 0 spiro atoms. The molecule has 0 rings (SSSR count). The van der Waals surface area contributed by atoms with Crippen molar-refractivity contribution in [3.8, 4) is 0 Å². The number of Topliss-reactive ketones (excluding diaryl/α,β-unsaturated/α-hetero) is 1. The molecule has 70 valence electrons. The maximum atomic E-state index is 11.0. The number of carbonyl (C=O) groups is 1. The van der Waals surface area contributed by atoms with Gasteiger partial charge in [-0.3, -0.25) is 4.79 Å². The van der Waals surface area contributed by atoms with E-state index in [1.807, 2.05) is 6.92 Å². The second-order valence-electron chi connectivity index (χ2n) is 3.13. The summed E-state index contributed by atoms with van der Waals surface area (Å²) in [7, 11) is 0. The van der Waals surface area contributed by atoms with Gasteiger partial charge in [0.2, 0.25) is 0 Å². The van der Waals surface area contributed by atoms with Crippen molar-refractivity contribution in [3.63, 3.8) is 0 Å². The van der Waals surface area contributed by atoms with Gasteiger partial charge in [-0.25, -0.2) is 0 Å². The maximum Gasteiger partial charge on any atom is 0.155 e. The molecule has 0 N–H and O–H groups in total. The maximum absolute atomic E-state index is 11.0. The van der Waals surface area contributed by atoms with E-state index >= 15 is 0 Å². The first-order valence-corrected chi connectivity index (χ1v) is 4.92. The number of hydrogen-bond donors (Lipinski definition) is 0. The topological polar surface area (TPSA) is 17.1 Å². The van der Waals surface area contributed by atoms with E-state index in [2.05, 4.69) is 13.0 Å². The Bertz CT molecular complexity index is 156. The zero-order chi connectivity index (χ0) is 9.40. The summed E-state index contributed by atoms with van der Waals surface area (Å²) in [5, 5.41) is 0. The number of carbonyl (C=O) groups excluding carboxylic acids is 1. The predicted octanol–water partition coefficient (Wildman–Crippen LogP) is 3.49. The van der Waals surface area contributed by atoms with Crippen molar-refractivity contribution in [2.24, 2.45) is 0 Å². The van der Waals surface area contributed by atoms with Crippen molar-refractivity contribution >= 4 is 5.78 Å². The van der Waals surface area contributed by atoms with Gasteiger partial charge in [0.15, 0.2) is 5.78 Å². The van der Waals surface area contributed by atoms with Gasteiger partial charge < -0.3 is 0 Å². The third-order valence-corrected chi connectivity index (χ3v) is 2.03. The number of hydrogen-bond acceptors (Lipinski definition) is 1. The first-order chi connectivity index (χ1) is 5.72. The molecule has 0 unspecified atom stereocenters. The van der Waals surface area contributed by atoms with E-state index in [4.69, 9.17) is 0 Å². The van der Waals surface area contributed by atoms with E-state index in [0.717, 1.165) is 18.4 Å². The first-order valence-electron chi connectivity index (χ1n) is 4.92. The summed E-state index contributed by atoms with van der Waals surface area (Å²) in [5.74, 6) is 0.231. The Morgan fingerprint density at radius 3 is 2.33 bits per heavy atom. The molecule has 0 bridgehead atoms. The van der Waals surface area contributed by atoms with Crippen LogP contribution in [0.5, 0.6) is 0 Å². The molecular formula is C11H20O. The summed E-state index contributed by atoms with van der Waals surface area (Å²) in [6.07, 6.45) is 7.77. The second-order valence-corrected chi connectivity index (χ2v) is 3.13. The lowest BCUT2D eigenvalue weighted by molar-refractivity contribution is -0.113. The van der Waals surface area contributed by atoms with Gasteiger partial charge in [-0.2, -0.15) is 0 Å². The van der Waals surface area contributed by atoms with E-state index in [1.54, 1.807) is 6.92 Å². The van der Waals surface area contributed by atoms with Crippen molar-refractivity contribution < 1.29 is 4.79 Å². The van der Waals surface area contributed by atoms with Gasteiger partial charge in [0, 0.05) is 0 Å². The fourth-order valence-electron chi connectivity index (χ4n) is 1.21. The highest BCUT2D eigenvalue weighted by atomic mass is 16.1. The number of rotatable bonds is 6. The molecule has 1 nitrogen and oxygen atoms in total. The van der Waals surface area contributed by atoms with Gasteiger partial charge in [0.05, 0.1) is 0 Å². The zero-order valence-corrected chi connectivity index (χ0v) is 8.52. The third-order valence-electron chi connectivity index (χ3n) is 2.03. The lowest BCUT2D eigenvalue weighted by atomic mass is 10.1. The minimum atomic E-state index is 0.231. The Labute approximate surface area is 75.9 Å². The van der Waals surface area contributed by atoms with Crippen LogP contribution in [0.4, 0.5) is 0 Å². The fourth-order valence-corrected chi connectivity index (χ4v) is 1.21. The van der Waals surface area contributed by atoms with Crippen molar-refractivity contribution in [1.82, 2.24) is 0 Å². The molecule has 0 aliphatic carbocycles. The molecule has 0 aliphatic rings. The van der Waals surface area contributed by atoms with E-state index in [0.29, 0.717) is 0 Å². The summed E-state index contributed by atoms with van der Waals surface area (Å²) in [6, 6.07) is 0. The fraction of sp³-hybridized carbons (Fsp3) is 0.727. The summed E-state index contributed by atoms with van der Waals surface area (Å²) in [5.41, 5.74) is 0.992. The van der Waals surface area contributed by atoms with Crippen molar-refractivity contribution in [2.45, 2.75) is 52.9 Å². The van der Waals surface area contributed by atoms with Crippen molar-refractivity contribution in [3.05, 3.63) is 11.6 Å². The molecule has 1 heteroatoms. The summed E-state index contributed by atoms with van der Waals surface area (Å²) in [6.45, 7) is 5.87. The molecule has 0 heterocycles. The predicted molar refractivity (Wildman–Crippen MR) is 53.2 cm³/mol. The number of allylic oxidation sites excluding steroid dienone is 2. The quantitative estimate of drug-likeness (QED) is 0.438. The smallest absolute Gasteiger partial charge is 0.155 e. The van der Waals surface area contributed by atoms with Crippen molar-refractivity contribution in [2.75, 3.05) is 0 Å². The Hall–Kier alpha value is -0.590. The highest BCUT2D eigenvalue weighted by Crippen LogP contribution is 2.07. The monoisotopic (exact) mass is 168 g/mol. The minimum absolute atomic E-state index is 0.231. The third kappa shape index (κ3) is 5.11. The summed E-state index contributed by atoms with van der Waals surface area (Å²) in [4.78, 5) is 11.0. The molecule has 0 aliphatic heterocycles. The first kappa shape index (κ1) is 11.4. The molecule has 0 amide bonds. The van der Waals surface area contributed by atoms with Gasteiger partial charge in [-0.15, -0.1) is 0 Å². The summed E-state index contributed by atoms with van der Waals surface area (Å²) >= 11 is 0. The van der Waals surface area contributed by atoms with Crippen LogP contribution in [0.25, 0.3) is 0 Å². The minimum Gasteiger partial charge on any atom is -0.295 e. The van der Waals surface area contributed by atoms with E-state index in [-0.39, 0.29) is 5.78 Å². The van der Waals surface area contributed by atoms with Crippen LogP contribution in [0.1, 0.15) is 52.9 Å². The Morgan fingerprint density at radius 1 is 1.25 bits per heavy atom. The number of ketones is 1. The highest BCUT2D eigenvalue weighted by molar-refractivity contribution is 5.93. The normalized spacial score (nSPS) is 11.8. The Kier molecular flexibility index (Phi) is 6.73. The van der Waals surface area contributed by atoms with Crippen LogP contribution < -0.4 is 0 Å². The number of unbranched alkanes of at least 4 members (excludes halogenated alkanes) is 3. The van der Waals surface area contributed by atoms with Crippen LogP contribution in [-0.2, 0) is 4.79 Å². The van der Waals surface area contributed by atoms with E-state index in [9.17, 15) is 4.79 Å². The second kappa shape index (κ2) is 7.08. The van der Waals surface area contributed by atoms with Crippen LogP contribution in [0.15, 0.2) is 11.6 Å². The standard InChI is InChI=1S/C11H20O/c1-4-6-7-8-9-11(5-2)10(3)12/h9H,4-8H2,1-3H3/b11-9-. The molecule has 0 fully saturated rings. The van der Waals surface area contributed by atoms with Crippen LogP contribution in [0, 0.1) is 0 Å². The molecule has 0 aromatic carbocycles. The lowest BCUT2D eigenvalue weighted by Crippen LogP contribution is -1.94. The lowest BCUT2D eigenvalue weighted by Gasteiger charge is -1.98. The van der Waals surface area contributed by atoms with Crippen LogP contribution in [0.2, 0.25) is 0 Å². The largest absolute Gasteiger partial charge is 0.295 e. The van der Waals surface area contributed by atoms with E-state index < -0.39 is 0 Å². The molecule has 0 atom stereocenters. The molecule has 12 heavy (non-hydrogen) atoms. The van der Waals surface area contributed by atoms with Gasteiger partial charge in [0.25, 0.3) is 0 Å². The Balaban J connectivity index is 3.71. The molecule has 0 aromatic rings. The Morgan fingerprint density at radius 2 is 1.92 bits per heavy atom. The molecule has 0 saturated carbocycles. The summed E-state index contributed by atoms with van der Waals surface area (Å²) < 4.78 is 0. The highest BCUT2D eigenvalue weighted by Gasteiger charge is 1.98. The van der Waals surface area contributed by atoms with Gasteiger partial charge in [0.1, 0.15) is 0 Å².